The molecule has 0 saturated carbocycles. The number of aryl methyl sites for hydroxylation is 2. The lowest BCUT2D eigenvalue weighted by Gasteiger charge is -2.08. The number of carbonyl (C=O) groups is 1. The van der Waals surface area contributed by atoms with Crippen LogP contribution in [0.4, 0.5) is 4.39 Å². The molecule has 94 valence electrons. The number of carboxylic acids is 1. The second-order valence-corrected chi connectivity index (χ2v) is 4.22. The fourth-order valence-corrected chi connectivity index (χ4v) is 1.73. The summed E-state index contributed by atoms with van der Waals surface area (Å²) in [6.07, 6.45) is 0.781. The monoisotopic (exact) mass is 239 g/mol. The van der Waals surface area contributed by atoms with Crippen LogP contribution in [0.1, 0.15) is 29.5 Å². The van der Waals surface area contributed by atoms with Gasteiger partial charge >= 0.3 is 5.97 Å². The zero-order valence-corrected chi connectivity index (χ0v) is 10.2. The van der Waals surface area contributed by atoms with Crippen molar-refractivity contribution in [1.82, 2.24) is 5.32 Å². The van der Waals surface area contributed by atoms with Crippen molar-refractivity contribution in [2.75, 3.05) is 6.54 Å². The lowest BCUT2D eigenvalue weighted by molar-refractivity contribution is -0.137. The summed E-state index contributed by atoms with van der Waals surface area (Å²) in [5, 5.41) is 11.6. The normalized spacial score (nSPS) is 10.5. The summed E-state index contributed by atoms with van der Waals surface area (Å²) in [5.41, 5.74) is 2.32. The van der Waals surface area contributed by atoms with Crippen LogP contribution in [0.5, 0.6) is 0 Å². The van der Waals surface area contributed by atoms with Gasteiger partial charge in [-0.1, -0.05) is 12.1 Å². The predicted molar refractivity (Wildman–Crippen MR) is 64.5 cm³/mol. The Kier molecular flexibility index (Phi) is 5.10. The molecule has 17 heavy (non-hydrogen) atoms. The van der Waals surface area contributed by atoms with Crippen molar-refractivity contribution in [3.05, 3.63) is 34.6 Å². The summed E-state index contributed by atoms with van der Waals surface area (Å²) in [6, 6.07) is 3.62. The Labute approximate surface area is 101 Å². The molecule has 0 saturated heterocycles. The van der Waals surface area contributed by atoms with E-state index in [9.17, 15) is 9.18 Å². The molecule has 0 fully saturated rings. The van der Waals surface area contributed by atoms with E-state index >= 15 is 0 Å². The minimum atomic E-state index is -0.778. The maximum atomic E-state index is 13.4. The minimum Gasteiger partial charge on any atom is -0.481 e. The highest BCUT2D eigenvalue weighted by molar-refractivity contribution is 5.66. The van der Waals surface area contributed by atoms with Gasteiger partial charge in [-0.3, -0.25) is 4.79 Å². The van der Waals surface area contributed by atoms with E-state index in [1.165, 1.54) is 0 Å². The molecule has 0 bridgehead atoms. The van der Waals surface area contributed by atoms with Crippen LogP contribution in [-0.4, -0.2) is 17.6 Å². The molecule has 0 atom stereocenters. The third-order valence-electron chi connectivity index (χ3n) is 2.57. The molecule has 0 amide bonds. The van der Waals surface area contributed by atoms with Crippen molar-refractivity contribution in [1.29, 1.82) is 0 Å². The lowest BCUT2D eigenvalue weighted by atomic mass is 10.1. The van der Waals surface area contributed by atoms with Gasteiger partial charge in [0.25, 0.3) is 0 Å². The van der Waals surface area contributed by atoms with Gasteiger partial charge in [0, 0.05) is 13.0 Å². The van der Waals surface area contributed by atoms with E-state index in [4.69, 9.17) is 5.11 Å². The molecule has 0 radical (unpaired) electrons. The molecule has 0 spiro atoms. The number of rotatable bonds is 6. The standard InChI is InChI=1S/C13H18FNO2/c1-9-6-11(7-10(2)13(9)14)8-15-5-3-4-12(16)17/h6-7,15H,3-5,8H2,1-2H3,(H,16,17). The first kappa shape index (κ1) is 13.6. The highest BCUT2D eigenvalue weighted by atomic mass is 19.1. The molecule has 1 aromatic rings. The van der Waals surface area contributed by atoms with Crippen molar-refractivity contribution >= 4 is 5.97 Å². The molecular weight excluding hydrogens is 221 g/mol. The summed E-state index contributed by atoms with van der Waals surface area (Å²) in [4.78, 5) is 10.3. The van der Waals surface area contributed by atoms with Crippen molar-refractivity contribution in [3.63, 3.8) is 0 Å². The van der Waals surface area contributed by atoms with Crippen LogP contribution in [0.3, 0.4) is 0 Å². The molecule has 0 heterocycles. The second-order valence-electron chi connectivity index (χ2n) is 4.22. The third-order valence-corrected chi connectivity index (χ3v) is 2.57. The molecule has 0 unspecified atom stereocenters. The Morgan fingerprint density at radius 1 is 1.35 bits per heavy atom. The van der Waals surface area contributed by atoms with Crippen LogP contribution in [0.15, 0.2) is 12.1 Å². The first-order chi connectivity index (χ1) is 8.00. The number of carboxylic acid groups (broad SMARTS) is 1. The number of halogens is 1. The molecule has 0 aliphatic heterocycles. The van der Waals surface area contributed by atoms with E-state index in [1.807, 2.05) is 12.1 Å². The molecular formula is C13H18FNO2. The van der Waals surface area contributed by atoms with E-state index in [-0.39, 0.29) is 12.2 Å². The highest BCUT2D eigenvalue weighted by Gasteiger charge is 2.04. The summed E-state index contributed by atoms with van der Waals surface area (Å²) in [7, 11) is 0. The Bertz CT molecular complexity index is 381. The molecule has 4 heteroatoms. The van der Waals surface area contributed by atoms with E-state index < -0.39 is 5.97 Å². The van der Waals surface area contributed by atoms with Gasteiger partial charge in [-0.2, -0.15) is 0 Å². The number of nitrogens with one attached hydrogen (secondary N) is 1. The zero-order valence-electron chi connectivity index (χ0n) is 10.2. The van der Waals surface area contributed by atoms with Gasteiger partial charge in [-0.15, -0.1) is 0 Å². The first-order valence-corrected chi connectivity index (χ1v) is 5.69. The summed E-state index contributed by atoms with van der Waals surface area (Å²) in [6.45, 7) is 4.79. The van der Waals surface area contributed by atoms with Crippen LogP contribution in [0, 0.1) is 19.7 Å². The van der Waals surface area contributed by atoms with Gasteiger partial charge in [0.05, 0.1) is 0 Å². The summed E-state index contributed by atoms with van der Waals surface area (Å²) < 4.78 is 13.4. The Morgan fingerprint density at radius 3 is 2.47 bits per heavy atom. The average Bonchev–Trinajstić information content (AvgIpc) is 2.25. The first-order valence-electron chi connectivity index (χ1n) is 5.69. The summed E-state index contributed by atoms with van der Waals surface area (Å²) >= 11 is 0. The average molecular weight is 239 g/mol. The maximum absolute atomic E-state index is 13.4. The highest BCUT2D eigenvalue weighted by Crippen LogP contribution is 2.14. The van der Waals surface area contributed by atoms with E-state index in [1.54, 1.807) is 13.8 Å². The van der Waals surface area contributed by atoms with Gasteiger partial charge in [-0.05, 0) is 43.5 Å². The van der Waals surface area contributed by atoms with E-state index in [0.717, 1.165) is 5.56 Å². The van der Waals surface area contributed by atoms with Crippen LogP contribution in [-0.2, 0) is 11.3 Å². The minimum absolute atomic E-state index is 0.153. The van der Waals surface area contributed by atoms with Crippen LogP contribution in [0.25, 0.3) is 0 Å². The smallest absolute Gasteiger partial charge is 0.303 e. The van der Waals surface area contributed by atoms with Crippen LogP contribution < -0.4 is 5.32 Å². The molecule has 1 rings (SSSR count). The number of aliphatic carboxylic acids is 1. The number of benzene rings is 1. The molecule has 3 nitrogen and oxygen atoms in total. The molecule has 1 aromatic carbocycles. The maximum Gasteiger partial charge on any atom is 0.303 e. The van der Waals surface area contributed by atoms with Crippen molar-refractivity contribution < 1.29 is 14.3 Å². The van der Waals surface area contributed by atoms with E-state index in [2.05, 4.69) is 5.32 Å². The van der Waals surface area contributed by atoms with Gasteiger partial charge in [0.1, 0.15) is 5.82 Å². The Morgan fingerprint density at radius 2 is 1.94 bits per heavy atom. The van der Waals surface area contributed by atoms with Crippen LogP contribution in [0.2, 0.25) is 0 Å². The Hall–Kier alpha value is -1.42. The van der Waals surface area contributed by atoms with Crippen molar-refractivity contribution in [2.24, 2.45) is 0 Å². The largest absolute Gasteiger partial charge is 0.481 e. The number of hydrogen-bond donors (Lipinski definition) is 2. The molecule has 0 aromatic heterocycles. The topological polar surface area (TPSA) is 49.3 Å². The van der Waals surface area contributed by atoms with Crippen LogP contribution >= 0.6 is 0 Å². The molecule has 2 N–H and O–H groups in total. The predicted octanol–water partition coefficient (Wildman–Crippen LogP) is 2.40. The van der Waals surface area contributed by atoms with Gasteiger partial charge in [0.2, 0.25) is 0 Å². The van der Waals surface area contributed by atoms with Gasteiger partial charge < -0.3 is 10.4 Å². The van der Waals surface area contributed by atoms with Crippen molar-refractivity contribution in [2.45, 2.75) is 33.2 Å². The van der Waals surface area contributed by atoms with Crippen molar-refractivity contribution in [3.8, 4) is 0 Å². The van der Waals surface area contributed by atoms with Gasteiger partial charge in [-0.25, -0.2) is 4.39 Å². The third kappa shape index (κ3) is 4.53. The molecule has 0 aliphatic carbocycles. The van der Waals surface area contributed by atoms with E-state index in [0.29, 0.717) is 30.6 Å². The Balaban J connectivity index is 2.39. The SMILES string of the molecule is Cc1cc(CNCCCC(=O)O)cc(C)c1F. The lowest BCUT2D eigenvalue weighted by Crippen LogP contribution is -2.16. The second kappa shape index (κ2) is 6.35. The molecule has 0 aliphatic rings. The van der Waals surface area contributed by atoms with Gasteiger partial charge in [0.15, 0.2) is 0 Å². The summed E-state index contributed by atoms with van der Waals surface area (Å²) in [5.74, 6) is -0.931. The fraction of sp³-hybridized carbons (Fsp3) is 0.462. The number of hydrogen-bond acceptors (Lipinski definition) is 2. The fourth-order valence-electron chi connectivity index (χ4n) is 1.73. The quantitative estimate of drug-likeness (QED) is 0.749. The zero-order chi connectivity index (χ0) is 12.8.